The molecule has 1 aromatic rings. The highest BCUT2D eigenvalue weighted by atomic mass is 16.5. The van der Waals surface area contributed by atoms with E-state index in [2.05, 4.69) is 43.0 Å². The maximum atomic E-state index is 11.0. The van der Waals surface area contributed by atoms with Gasteiger partial charge in [-0.2, -0.15) is 0 Å². The molecule has 1 N–H and O–H groups in total. The van der Waals surface area contributed by atoms with E-state index in [4.69, 9.17) is 9.84 Å². The summed E-state index contributed by atoms with van der Waals surface area (Å²) in [7, 11) is 0. The third-order valence-electron chi connectivity index (χ3n) is 6.87. The van der Waals surface area contributed by atoms with Gasteiger partial charge in [-0.25, -0.2) is 0 Å². The second-order valence-electron chi connectivity index (χ2n) is 9.08. The van der Waals surface area contributed by atoms with Crippen LogP contribution in [0.3, 0.4) is 0 Å². The van der Waals surface area contributed by atoms with Crippen LogP contribution >= 0.6 is 0 Å². The molecule has 0 amide bonds. The Balaban J connectivity index is 1.53. The number of carboxylic acid groups (broad SMARTS) is 1. The summed E-state index contributed by atoms with van der Waals surface area (Å²) >= 11 is 0. The van der Waals surface area contributed by atoms with Crippen molar-refractivity contribution < 1.29 is 14.6 Å². The quantitative estimate of drug-likeness (QED) is 0.893. The number of fused-ring (bicyclic) bond motifs is 3. The van der Waals surface area contributed by atoms with E-state index in [0.717, 1.165) is 39.0 Å². The van der Waals surface area contributed by atoms with E-state index in [0.29, 0.717) is 5.92 Å². The van der Waals surface area contributed by atoms with E-state index in [9.17, 15) is 4.79 Å². The van der Waals surface area contributed by atoms with Gasteiger partial charge in [-0.1, -0.05) is 38.1 Å². The lowest BCUT2D eigenvalue weighted by atomic mass is 9.57. The SMILES string of the molecule is CC1(C)Cc2ccccc2[C@@H]2OCC3(CCN(CC(=O)O)CC3)C[C@H]21. The number of piperidine rings is 1. The molecule has 1 aliphatic carbocycles. The van der Waals surface area contributed by atoms with Crippen molar-refractivity contribution in [2.45, 2.75) is 45.6 Å². The zero-order chi connectivity index (χ0) is 17.7. The molecule has 2 atom stereocenters. The Labute approximate surface area is 150 Å². The first-order chi connectivity index (χ1) is 11.9. The molecule has 1 spiro atoms. The van der Waals surface area contributed by atoms with E-state index in [-0.39, 0.29) is 23.5 Å². The lowest BCUT2D eigenvalue weighted by Gasteiger charge is -2.55. The first kappa shape index (κ1) is 17.0. The molecule has 2 fully saturated rings. The Morgan fingerprint density at radius 3 is 2.72 bits per heavy atom. The molecule has 4 rings (SSSR count). The molecule has 0 bridgehead atoms. The molecule has 2 aliphatic heterocycles. The van der Waals surface area contributed by atoms with Gasteiger partial charge < -0.3 is 9.84 Å². The van der Waals surface area contributed by atoms with Crippen molar-refractivity contribution in [3.63, 3.8) is 0 Å². The van der Waals surface area contributed by atoms with Crippen LogP contribution in [0.4, 0.5) is 0 Å². The van der Waals surface area contributed by atoms with Gasteiger partial charge in [0.1, 0.15) is 0 Å². The first-order valence-electron chi connectivity index (χ1n) is 9.52. The molecule has 0 saturated carbocycles. The third kappa shape index (κ3) is 3.11. The third-order valence-corrected chi connectivity index (χ3v) is 6.87. The number of nitrogens with zero attached hydrogens (tertiary/aromatic N) is 1. The van der Waals surface area contributed by atoms with Crippen molar-refractivity contribution in [3.8, 4) is 0 Å². The van der Waals surface area contributed by atoms with Gasteiger partial charge in [-0.15, -0.1) is 0 Å². The molecule has 3 aliphatic rings. The summed E-state index contributed by atoms with van der Waals surface area (Å²) in [6.07, 6.45) is 4.67. The van der Waals surface area contributed by atoms with Crippen LogP contribution < -0.4 is 0 Å². The smallest absolute Gasteiger partial charge is 0.317 e. The summed E-state index contributed by atoms with van der Waals surface area (Å²) in [5.41, 5.74) is 3.32. The summed E-state index contributed by atoms with van der Waals surface area (Å²) in [4.78, 5) is 13.0. The minimum atomic E-state index is -0.721. The maximum absolute atomic E-state index is 11.0. The summed E-state index contributed by atoms with van der Waals surface area (Å²) in [6.45, 7) is 7.53. The fourth-order valence-corrected chi connectivity index (χ4v) is 5.33. The summed E-state index contributed by atoms with van der Waals surface area (Å²) in [6, 6.07) is 8.77. The number of carboxylic acids is 1. The zero-order valence-corrected chi connectivity index (χ0v) is 15.3. The molecule has 4 nitrogen and oxygen atoms in total. The molecular weight excluding hydrogens is 314 g/mol. The number of carbonyl (C=O) groups is 1. The molecular formula is C21H29NO3. The summed E-state index contributed by atoms with van der Waals surface area (Å²) < 4.78 is 6.52. The molecule has 2 saturated heterocycles. The van der Waals surface area contributed by atoms with E-state index in [1.807, 2.05) is 0 Å². The lowest BCUT2D eigenvalue weighted by Crippen LogP contribution is -2.51. The van der Waals surface area contributed by atoms with Gasteiger partial charge in [0.25, 0.3) is 0 Å². The second-order valence-corrected chi connectivity index (χ2v) is 9.08. The zero-order valence-electron chi connectivity index (χ0n) is 15.3. The van der Waals surface area contributed by atoms with Gasteiger partial charge in [-0.05, 0) is 66.6 Å². The fourth-order valence-electron chi connectivity index (χ4n) is 5.33. The molecule has 2 heterocycles. The number of rotatable bonds is 2. The van der Waals surface area contributed by atoms with Crippen LogP contribution in [0.5, 0.6) is 0 Å². The van der Waals surface area contributed by atoms with Crippen LogP contribution in [0.2, 0.25) is 0 Å². The number of aliphatic carboxylic acids is 1. The standard InChI is InChI=1S/C21H29NO3/c1-20(2)11-15-5-3-4-6-16(15)19-17(20)12-21(14-25-19)7-9-22(10-8-21)13-18(23)24/h3-6,17,19H,7-14H2,1-2H3,(H,23,24)/t17-,19+/m1/s1. The van der Waals surface area contributed by atoms with Crippen LogP contribution in [0.15, 0.2) is 24.3 Å². The molecule has 25 heavy (non-hydrogen) atoms. The number of likely N-dealkylation sites (tertiary alicyclic amines) is 1. The number of hydrogen-bond donors (Lipinski definition) is 1. The Kier molecular flexibility index (Phi) is 4.16. The highest BCUT2D eigenvalue weighted by Gasteiger charge is 2.51. The molecule has 0 radical (unpaired) electrons. The minimum absolute atomic E-state index is 0.169. The normalized spacial score (nSPS) is 30.5. The van der Waals surface area contributed by atoms with E-state index in [1.54, 1.807) is 0 Å². The Hall–Kier alpha value is -1.39. The predicted octanol–water partition coefficient (Wildman–Crippen LogP) is 3.51. The second kappa shape index (κ2) is 6.10. The Bertz CT molecular complexity index is 661. The molecule has 0 aromatic heterocycles. The first-order valence-corrected chi connectivity index (χ1v) is 9.52. The lowest BCUT2D eigenvalue weighted by molar-refractivity contribution is -0.156. The average molecular weight is 343 g/mol. The van der Waals surface area contributed by atoms with Crippen LogP contribution in [0.25, 0.3) is 0 Å². The van der Waals surface area contributed by atoms with Crippen molar-refractivity contribution in [1.82, 2.24) is 4.90 Å². The van der Waals surface area contributed by atoms with Gasteiger partial charge in [-0.3, -0.25) is 9.69 Å². The van der Waals surface area contributed by atoms with Gasteiger partial charge in [0, 0.05) is 0 Å². The molecule has 136 valence electrons. The van der Waals surface area contributed by atoms with E-state index < -0.39 is 5.97 Å². The minimum Gasteiger partial charge on any atom is -0.480 e. The fraction of sp³-hybridized carbons (Fsp3) is 0.667. The van der Waals surface area contributed by atoms with Crippen molar-refractivity contribution in [2.24, 2.45) is 16.7 Å². The van der Waals surface area contributed by atoms with Crippen LogP contribution in [0.1, 0.15) is 50.3 Å². The van der Waals surface area contributed by atoms with Gasteiger partial charge in [0.15, 0.2) is 0 Å². The van der Waals surface area contributed by atoms with Gasteiger partial charge >= 0.3 is 5.97 Å². The Morgan fingerprint density at radius 2 is 2.00 bits per heavy atom. The number of ether oxygens (including phenoxy) is 1. The number of benzene rings is 1. The highest BCUT2D eigenvalue weighted by Crippen LogP contribution is 2.56. The summed E-state index contributed by atoms with van der Waals surface area (Å²) in [5, 5.41) is 9.02. The predicted molar refractivity (Wildman–Crippen MR) is 96.5 cm³/mol. The largest absolute Gasteiger partial charge is 0.480 e. The summed E-state index contributed by atoms with van der Waals surface area (Å²) in [5.74, 6) is -0.178. The van der Waals surface area contributed by atoms with Crippen molar-refractivity contribution >= 4 is 5.97 Å². The average Bonchev–Trinajstić information content (AvgIpc) is 2.57. The Morgan fingerprint density at radius 1 is 1.28 bits per heavy atom. The maximum Gasteiger partial charge on any atom is 0.317 e. The molecule has 0 unspecified atom stereocenters. The monoisotopic (exact) mass is 343 g/mol. The number of hydrogen-bond acceptors (Lipinski definition) is 3. The van der Waals surface area contributed by atoms with Crippen LogP contribution in [-0.4, -0.2) is 42.2 Å². The van der Waals surface area contributed by atoms with Crippen molar-refractivity contribution in [3.05, 3.63) is 35.4 Å². The van der Waals surface area contributed by atoms with Crippen LogP contribution in [-0.2, 0) is 16.0 Å². The van der Waals surface area contributed by atoms with Crippen molar-refractivity contribution in [2.75, 3.05) is 26.2 Å². The topological polar surface area (TPSA) is 49.8 Å². The molecule has 4 heteroatoms. The van der Waals surface area contributed by atoms with Gasteiger partial charge in [0.05, 0.1) is 19.3 Å². The van der Waals surface area contributed by atoms with Crippen molar-refractivity contribution in [1.29, 1.82) is 0 Å². The van der Waals surface area contributed by atoms with E-state index in [1.165, 1.54) is 17.5 Å². The van der Waals surface area contributed by atoms with E-state index >= 15 is 0 Å². The molecule has 1 aromatic carbocycles. The highest BCUT2D eigenvalue weighted by molar-refractivity contribution is 5.69. The van der Waals surface area contributed by atoms with Crippen LogP contribution in [0, 0.1) is 16.7 Å². The van der Waals surface area contributed by atoms with Gasteiger partial charge in [0.2, 0.25) is 0 Å².